The average molecular weight is 247 g/mol. The fraction of sp³-hybridized carbons (Fsp3) is 0.0909. The molecule has 18 heavy (non-hydrogen) atoms. The van der Waals surface area contributed by atoms with Gasteiger partial charge in [0.2, 0.25) is 11.8 Å². The highest BCUT2D eigenvalue weighted by atomic mass is 16.5. The van der Waals surface area contributed by atoms with Crippen LogP contribution in [0.15, 0.2) is 30.3 Å². The number of aromatic nitrogens is 2. The molecule has 0 fully saturated rings. The molecule has 0 spiro atoms. The Morgan fingerprint density at radius 2 is 1.94 bits per heavy atom. The van der Waals surface area contributed by atoms with Crippen molar-refractivity contribution in [3.63, 3.8) is 0 Å². The Hall–Kier alpha value is -2.54. The van der Waals surface area contributed by atoms with Crippen molar-refractivity contribution >= 4 is 11.8 Å². The fourth-order valence-corrected chi connectivity index (χ4v) is 1.35. The van der Waals surface area contributed by atoms with Crippen LogP contribution < -0.4 is 26.5 Å². The van der Waals surface area contributed by atoms with Crippen molar-refractivity contribution in [3.8, 4) is 17.4 Å². The fourth-order valence-electron chi connectivity index (χ4n) is 1.35. The number of anilines is 2. The van der Waals surface area contributed by atoms with Crippen molar-refractivity contribution in [3.05, 3.63) is 30.3 Å². The van der Waals surface area contributed by atoms with E-state index in [1.54, 1.807) is 25.3 Å². The van der Waals surface area contributed by atoms with Crippen molar-refractivity contribution in [2.24, 2.45) is 5.84 Å². The number of hydrogen-bond donors (Lipinski definition) is 3. The van der Waals surface area contributed by atoms with E-state index in [0.717, 1.165) is 0 Å². The van der Waals surface area contributed by atoms with Crippen LogP contribution in [0.4, 0.5) is 11.8 Å². The van der Waals surface area contributed by atoms with Crippen LogP contribution in [-0.2, 0) is 0 Å². The summed E-state index contributed by atoms with van der Waals surface area (Å²) >= 11 is 0. The summed E-state index contributed by atoms with van der Waals surface area (Å²) in [5, 5.41) is 0. The topological polar surface area (TPSA) is 108 Å². The number of ether oxygens (including phenoxy) is 2. The summed E-state index contributed by atoms with van der Waals surface area (Å²) in [4.78, 5) is 7.79. The van der Waals surface area contributed by atoms with Gasteiger partial charge in [0, 0.05) is 12.1 Å². The first kappa shape index (κ1) is 11.9. The number of methoxy groups -OCH3 is 1. The summed E-state index contributed by atoms with van der Waals surface area (Å²) in [5.41, 5.74) is 7.90. The minimum Gasteiger partial charge on any atom is -0.497 e. The van der Waals surface area contributed by atoms with Crippen LogP contribution in [0.1, 0.15) is 0 Å². The Kier molecular flexibility index (Phi) is 3.44. The summed E-state index contributed by atoms with van der Waals surface area (Å²) in [5.74, 6) is 7.26. The molecule has 0 aliphatic heterocycles. The zero-order valence-electron chi connectivity index (χ0n) is 9.75. The van der Waals surface area contributed by atoms with Gasteiger partial charge in [0.05, 0.1) is 7.11 Å². The Balaban J connectivity index is 2.24. The van der Waals surface area contributed by atoms with Gasteiger partial charge < -0.3 is 20.6 Å². The number of benzene rings is 1. The smallest absolute Gasteiger partial charge is 0.226 e. The molecule has 0 unspecified atom stereocenters. The molecule has 1 heterocycles. The molecule has 94 valence electrons. The molecule has 0 radical (unpaired) electrons. The van der Waals surface area contributed by atoms with Crippen LogP contribution in [-0.4, -0.2) is 17.1 Å². The van der Waals surface area contributed by atoms with Gasteiger partial charge in [0.15, 0.2) is 0 Å². The lowest BCUT2D eigenvalue weighted by molar-refractivity contribution is 0.407. The van der Waals surface area contributed by atoms with Gasteiger partial charge in [-0.2, -0.15) is 9.97 Å². The van der Waals surface area contributed by atoms with Gasteiger partial charge in [-0.3, -0.25) is 0 Å². The summed E-state index contributed by atoms with van der Waals surface area (Å²) < 4.78 is 10.6. The van der Waals surface area contributed by atoms with Crippen LogP contribution in [0.2, 0.25) is 0 Å². The lowest BCUT2D eigenvalue weighted by Gasteiger charge is -2.08. The van der Waals surface area contributed by atoms with Crippen LogP contribution in [0.3, 0.4) is 0 Å². The maximum Gasteiger partial charge on any atom is 0.226 e. The van der Waals surface area contributed by atoms with Gasteiger partial charge in [-0.15, -0.1) is 0 Å². The van der Waals surface area contributed by atoms with Gasteiger partial charge in [0.1, 0.15) is 17.3 Å². The molecule has 0 amide bonds. The molecule has 0 bridgehead atoms. The van der Waals surface area contributed by atoms with E-state index in [4.69, 9.17) is 21.1 Å². The van der Waals surface area contributed by atoms with Crippen LogP contribution >= 0.6 is 0 Å². The van der Waals surface area contributed by atoms with Gasteiger partial charge in [-0.1, -0.05) is 6.07 Å². The largest absolute Gasteiger partial charge is 0.497 e. The van der Waals surface area contributed by atoms with Crippen molar-refractivity contribution < 1.29 is 9.47 Å². The molecule has 0 saturated carbocycles. The molecule has 2 aromatic rings. The minimum absolute atomic E-state index is 0.0725. The minimum atomic E-state index is 0.0725. The molecule has 0 aliphatic rings. The molecule has 7 nitrogen and oxygen atoms in total. The van der Waals surface area contributed by atoms with E-state index in [0.29, 0.717) is 23.2 Å². The molecule has 0 saturated heterocycles. The van der Waals surface area contributed by atoms with E-state index >= 15 is 0 Å². The van der Waals surface area contributed by atoms with E-state index in [1.807, 2.05) is 6.07 Å². The normalized spacial score (nSPS) is 9.89. The molecule has 1 aromatic carbocycles. The van der Waals surface area contributed by atoms with E-state index in [1.165, 1.54) is 6.07 Å². The third-order valence-corrected chi connectivity index (χ3v) is 2.13. The third kappa shape index (κ3) is 2.77. The van der Waals surface area contributed by atoms with Gasteiger partial charge >= 0.3 is 0 Å². The van der Waals surface area contributed by atoms with Crippen LogP contribution in [0.25, 0.3) is 0 Å². The van der Waals surface area contributed by atoms with E-state index in [9.17, 15) is 0 Å². The van der Waals surface area contributed by atoms with E-state index in [-0.39, 0.29) is 5.95 Å². The third-order valence-electron chi connectivity index (χ3n) is 2.13. The molecular weight excluding hydrogens is 234 g/mol. The first-order valence-electron chi connectivity index (χ1n) is 5.14. The zero-order valence-corrected chi connectivity index (χ0v) is 9.75. The monoisotopic (exact) mass is 247 g/mol. The summed E-state index contributed by atoms with van der Waals surface area (Å²) in [6, 6.07) is 8.66. The first-order valence-corrected chi connectivity index (χ1v) is 5.14. The average Bonchev–Trinajstić information content (AvgIpc) is 2.38. The van der Waals surface area contributed by atoms with Gasteiger partial charge in [-0.25, -0.2) is 5.84 Å². The number of nitrogens with one attached hydrogen (secondary N) is 1. The quantitative estimate of drug-likeness (QED) is 0.549. The molecule has 0 aliphatic carbocycles. The highest BCUT2D eigenvalue weighted by molar-refractivity contribution is 5.43. The van der Waals surface area contributed by atoms with E-state index in [2.05, 4.69) is 15.4 Å². The lowest BCUT2D eigenvalue weighted by atomic mass is 10.3. The Bertz CT molecular complexity index is 547. The standard InChI is InChI=1S/C11H13N5O2/c1-17-7-3-2-4-8(5-7)18-10-6-9(16-13)14-11(12)15-10/h2-6H,13H2,1H3,(H3,12,14,15,16). The SMILES string of the molecule is COc1cccc(Oc2cc(NN)nc(N)n2)c1. The number of rotatable bonds is 4. The second-order valence-electron chi connectivity index (χ2n) is 3.38. The molecular formula is C11H13N5O2. The van der Waals surface area contributed by atoms with Crippen molar-refractivity contribution in [1.82, 2.24) is 9.97 Å². The Morgan fingerprint density at radius 1 is 1.17 bits per heavy atom. The van der Waals surface area contributed by atoms with Crippen molar-refractivity contribution in [1.29, 1.82) is 0 Å². The second kappa shape index (κ2) is 5.19. The summed E-state index contributed by atoms with van der Waals surface area (Å²) in [7, 11) is 1.58. The number of nitrogens with zero attached hydrogens (tertiary/aromatic N) is 2. The van der Waals surface area contributed by atoms with Crippen molar-refractivity contribution in [2.45, 2.75) is 0 Å². The molecule has 5 N–H and O–H groups in total. The Morgan fingerprint density at radius 3 is 2.67 bits per heavy atom. The van der Waals surface area contributed by atoms with Gasteiger partial charge in [0.25, 0.3) is 0 Å². The highest BCUT2D eigenvalue weighted by Crippen LogP contribution is 2.25. The second-order valence-corrected chi connectivity index (χ2v) is 3.38. The summed E-state index contributed by atoms with van der Waals surface area (Å²) in [6.07, 6.45) is 0. The predicted octanol–water partition coefficient (Wildman–Crippen LogP) is 1.15. The lowest BCUT2D eigenvalue weighted by Crippen LogP contribution is -2.10. The molecule has 0 atom stereocenters. The van der Waals surface area contributed by atoms with Crippen molar-refractivity contribution in [2.75, 3.05) is 18.3 Å². The molecule has 7 heteroatoms. The predicted molar refractivity (Wildman–Crippen MR) is 67.3 cm³/mol. The number of nitrogens with two attached hydrogens (primary N) is 2. The number of hydrazine groups is 1. The maximum absolute atomic E-state index is 5.54. The van der Waals surface area contributed by atoms with Crippen LogP contribution in [0.5, 0.6) is 17.4 Å². The molecule has 1 aromatic heterocycles. The number of nitrogen functional groups attached to an aromatic ring is 2. The first-order chi connectivity index (χ1) is 8.71. The molecule has 2 rings (SSSR count). The zero-order chi connectivity index (χ0) is 13.0. The van der Waals surface area contributed by atoms with E-state index < -0.39 is 0 Å². The highest BCUT2D eigenvalue weighted by Gasteiger charge is 2.04. The Labute approximate surface area is 104 Å². The van der Waals surface area contributed by atoms with Gasteiger partial charge in [-0.05, 0) is 12.1 Å². The van der Waals surface area contributed by atoms with Crippen LogP contribution in [0, 0.1) is 0 Å². The number of hydrogen-bond acceptors (Lipinski definition) is 7. The maximum atomic E-state index is 5.54. The summed E-state index contributed by atoms with van der Waals surface area (Å²) in [6.45, 7) is 0.